The van der Waals surface area contributed by atoms with Gasteiger partial charge in [-0.1, -0.05) is 6.07 Å². The molecule has 2 aliphatic rings. The molecule has 2 heterocycles. The van der Waals surface area contributed by atoms with Gasteiger partial charge in [0.1, 0.15) is 29.4 Å². The van der Waals surface area contributed by atoms with Crippen molar-refractivity contribution in [2.75, 3.05) is 7.11 Å². The van der Waals surface area contributed by atoms with Gasteiger partial charge in [-0.3, -0.25) is 4.79 Å². The van der Waals surface area contributed by atoms with Crippen LogP contribution >= 0.6 is 0 Å². The number of hydrogen-bond acceptors (Lipinski definition) is 7. The van der Waals surface area contributed by atoms with Crippen LogP contribution in [-0.2, 0) is 16.7 Å². The lowest BCUT2D eigenvalue weighted by Gasteiger charge is -2.33. The fourth-order valence-corrected chi connectivity index (χ4v) is 3.93. The Hall–Kier alpha value is -3.61. The molecule has 0 unspecified atom stereocenters. The Balaban J connectivity index is 1.70. The molecular weight excluding hydrogens is 413 g/mol. The summed E-state index contributed by atoms with van der Waals surface area (Å²) in [6, 6.07) is 6.44. The van der Waals surface area contributed by atoms with Gasteiger partial charge in [0.05, 0.1) is 12.7 Å². The number of aromatic nitrogens is 1. The van der Waals surface area contributed by atoms with Gasteiger partial charge in [-0.15, -0.1) is 0 Å². The molecule has 3 atom stereocenters. The van der Waals surface area contributed by atoms with Crippen LogP contribution < -0.4 is 10.5 Å². The maximum absolute atomic E-state index is 14.7. The van der Waals surface area contributed by atoms with Crippen LogP contribution in [0.5, 0.6) is 5.75 Å². The summed E-state index contributed by atoms with van der Waals surface area (Å²) in [7, 11) is 1.33. The Morgan fingerprint density at radius 3 is 2.90 bits per heavy atom. The number of Topliss-reactive ketones (excluding diaryl/α,β-unsaturated/α-hetero) is 1. The Labute approximate surface area is 175 Å². The van der Waals surface area contributed by atoms with Gasteiger partial charge in [0.25, 0.3) is 12.4 Å². The fraction of sp³-hybridized carbons (Fsp3) is 0.333. The molecule has 0 bridgehead atoms. The number of ketones is 1. The van der Waals surface area contributed by atoms with Gasteiger partial charge in [0, 0.05) is 30.2 Å². The Bertz CT molecular complexity index is 1130. The van der Waals surface area contributed by atoms with Crippen LogP contribution in [0.15, 0.2) is 35.5 Å². The molecule has 0 amide bonds. The van der Waals surface area contributed by atoms with E-state index < -0.39 is 41.6 Å². The van der Waals surface area contributed by atoms with Crippen molar-refractivity contribution >= 4 is 11.8 Å². The zero-order valence-electron chi connectivity index (χ0n) is 16.3. The monoisotopic (exact) mass is 430 g/mol. The van der Waals surface area contributed by atoms with E-state index in [1.165, 1.54) is 31.5 Å². The van der Waals surface area contributed by atoms with Gasteiger partial charge in [-0.2, -0.15) is 5.26 Å². The number of aliphatic imine (C=N–C) groups is 1. The van der Waals surface area contributed by atoms with Crippen LogP contribution in [0.4, 0.5) is 13.2 Å². The number of benzene rings is 1. The maximum atomic E-state index is 14.7. The Kier molecular flexibility index (Phi) is 5.05. The maximum Gasteiger partial charge on any atom is 0.283 e. The number of ether oxygens (including phenoxy) is 2. The highest BCUT2D eigenvalue weighted by Gasteiger charge is 2.64. The van der Waals surface area contributed by atoms with Crippen molar-refractivity contribution < 1.29 is 27.4 Å². The molecule has 31 heavy (non-hydrogen) atoms. The van der Waals surface area contributed by atoms with Crippen LogP contribution in [0, 0.1) is 23.1 Å². The van der Waals surface area contributed by atoms with Crippen molar-refractivity contribution in [3.8, 4) is 11.8 Å². The molecule has 1 aromatic carbocycles. The lowest BCUT2D eigenvalue weighted by molar-refractivity contribution is 0.0176. The predicted molar refractivity (Wildman–Crippen MR) is 102 cm³/mol. The quantitative estimate of drug-likeness (QED) is 0.706. The highest BCUT2D eigenvalue weighted by Crippen LogP contribution is 2.56. The van der Waals surface area contributed by atoms with Crippen molar-refractivity contribution in [2.45, 2.75) is 30.9 Å². The second-order valence-corrected chi connectivity index (χ2v) is 7.38. The van der Waals surface area contributed by atoms with Crippen LogP contribution in [0.3, 0.4) is 0 Å². The van der Waals surface area contributed by atoms with Crippen molar-refractivity contribution in [3.63, 3.8) is 0 Å². The number of amidine groups is 1. The van der Waals surface area contributed by atoms with Crippen molar-refractivity contribution in [1.82, 2.24) is 4.98 Å². The summed E-state index contributed by atoms with van der Waals surface area (Å²) in [4.78, 5) is 20.6. The predicted octanol–water partition coefficient (Wildman–Crippen LogP) is 2.72. The van der Waals surface area contributed by atoms with Crippen molar-refractivity contribution in [1.29, 1.82) is 5.26 Å². The first-order chi connectivity index (χ1) is 14.8. The third kappa shape index (κ3) is 3.46. The molecule has 2 aromatic rings. The Morgan fingerprint density at radius 2 is 2.23 bits per heavy atom. The molecule has 4 rings (SSSR count). The van der Waals surface area contributed by atoms with Gasteiger partial charge >= 0.3 is 0 Å². The molecule has 1 aliphatic carbocycles. The number of nitriles is 1. The van der Waals surface area contributed by atoms with E-state index in [2.05, 4.69) is 9.98 Å². The van der Waals surface area contributed by atoms with Crippen LogP contribution in [0.25, 0.3) is 0 Å². The second-order valence-electron chi connectivity index (χ2n) is 7.38. The van der Waals surface area contributed by atoms with Crippen LogP contribution in [-0.4, -0.2) is 36.4 Å². The van der Waals surface area contributed by atoms with E-state index in [4.69, 9.17) is 20.5 Å². The summed E-state index contributed by atoms with van der Waals surface area (Å²) < 4.78 is 53.5. The van der Waals surface area contributed by atoms with Gasteiger partial charge in [-0.25, -0.2) is 23.1 Å². The highest BCUT2D eigenvalue weighted by atomic mass is 19.3. The minimum atomic E-state index is -3.02. The summed E-state index contributed by atoms with van der Waals surface area (Å²) in [6.07, 6.45) is -2.30. The minimum Gasteiger partial charge on any atom is -0.494 e. The smallest absolute Gasteiger partial charge is 0.283 e. The number of carbonyl (C=O) groups is 1. The Morgan fingerprint density at radius 1 is 1.45 bits per heavy atom. The van der Waals surface area contributed by atoms with E-state index in [9.17, 15) is 18.0 Å². The number of halogens is 3. The molecule has 7 nitrogen and oxygen atoms in total. The number of nitrogens with two attached hydrogens (primary N) is 1. The number of nitrogens with zero attached hydrogens (tertiary/aromatic N) is 3. The average molecular weight is 430 g/mol. The zero-order valence-corrected chi connectivity index (χ0v) is 16.3. The number of hydrogen-bond donors (Lipinski definition) is 1. The summed E-state index contributed by atoms with van der Waals surface area (Å²) in [5.74, 6) is -1.95. The van der Waals surface area contributed by atoms with Crippen LogP contribution in [0.2, 0.25) is 0 Å². The van der Waals surface area contributed by atoms with E-state index >= 15 is 0 Å². The third-order valence-electron chi connectivity index (χ3n) is 5.49. The largest absolute Gasteiger partial charge is 0.494 e. The molecule has 1 aliphatic heterocycles. The van der Waals surface area contributed by atoms with E-state index in [0.717, 1.165) is 6.07 Å². The lowest BCUT2D eigenvalue weighted by atomic mass is 9.83. The molecular formula is C21H17F3N4O3. The van der Waals surface area contributed by atoms with E-state index in [1.807, 2.05) is 6.07 Å². The topological polar surface area (TPSA) is 111 Å². The number of alkyl halides is 2. The normalized spacial score (nSPS) is 23.9. The first-order valence-electron chi connectivity index (χ1n) is 9.36. The zero-order chi connectivity index (χ0) is 22.3. The van der Waals surface area contributed by atoms with Gasteiger partial charge in [0.2, 0.25) is 0 Å². The van der Waals surface area contributed by atoms with Crippen molar-refractivity contribution in [2.24, 2.45) is 16.6 Å². The van der Waals surface area contributed by atoms with E-state index in [0.29, 0.717) is 5.56 Å². The first kappa shape index (κ1) is 20.7. The molecule has 2 N–H and O–H groups in total. The molecule has 0 spiro atoms. The third-order valence-corrected chi connectivity index (χ3v) is 5.49. The summed E-state index contributed by atoms with van der Waals surface area (Å²) >= 11 is 0. The SMILES string of the molecule is COc1cc(C#N)cnc1C(=O)Cc1ccc(F)c([C@@]2(C(F)F)N=C(N)O[C@@H]3C[C@@H]32)c1. The second kappa shape index (κ2) is 7.58. The van der Waals surface area contributed by atoms with Gasteiger partial charge in [0.15, 0.2) is 11.3 Å². The number of rotatable bonds is 6. The minimum absolute atomic E-state index is 0.0217. The number of pyridine rings is 1. The summed E-state index contributed by atoms with van der Waals surface area (Å²) in [5.41, 5.74) is 3.57. The summed E-state index contributed by atoms with van der Waals surface area (Å²) in [5, 5.41) is 8.96. The van der Waals surface area contributed by atoms with Gasteiger partial charge in [-0.05, 0) is 24.1 Å². The van der Waals surface area contributed by atoms with E-state index in [1.54, 1.807) is 0 Å². The summed E-state index contributed by atoms with van der Waals surface area (Å²) in [6.45, 7) is 0. The molecule has 0 radical (unpaired) electrons. The average Bonchev–Trinajstić information content (AvgIpc) is 3.53. The van der Waals surface area contributed by atoms with E-state index in [-0.39, 0.29) is 35.4 Å². The first-order valence-corrected chi connectivity index (χ1v) is 9.36. The van der Waals surface area contributed by atoms with Crippen molar-refractivity contribution in [3.05, 3.63) is 58.7 Å². The lowest BCUT2D eigenvalue weighted by Crippen LogP contribution is -2.43. The van der Waals surface area contributed by atoms with Gasteiger partial charge < -0.3 is 15.2 Å². The number of methoxy groups -OCH3 is 1. The number of carbonyl (C=O) groups excluding carboxylic acids is 1. The molecule has 10 heteroatoms. The molecule has 1 fully saturated rings. The highest BCUT2D eigenvalue weighted by molar-refractivity contribution is 5.98. The fourth-order valence-electron chi connectivity index (χ4n) is 3.93. The molecule has 0 saturated heterocycles. The number of fused-ring (bicyclic) bond motifs is 1. The molecule has 1 aromatic heterocycles. The van der Waals surface area contributed by atoms with Crippen LogP contribution in [0.1, 0.15) is 33.6 Å². The molecule has 160 valence electrons. The molecule has 1 saturated carbocycles. The standard InChI is InChI=1S/C21H17F3N4O3/c1-30-17-6-11(8-25)9-27-18(17)15(29)5-10-2-3-14(22)12(4-10)21(19(23)24)13-7-16(13)31-20(26)28-21/h2-4,6,9,13,16,19H,5,7H2,1H3,(H2,26,28)/t13-,16+,21+/m0/s1.